The third-order valence-electron chi connectivity index (χ3n) is 3.48. The van der Waals surface area contributed by atoms with Crippen LogP contribution in [0.4, 0.5) is 5.69 Å². The summed E-state index contributed by atoms with van der Waals surface area (Å²) in [7, 11) is 1.64. The molecule has 0 aliphatic rings. The molecule has 0 spiro atoms. The maximum absolute atomic E-state index is 4.94. The average molecular weight is 282 g/mol. The Morgan fingerprint density at radius 1 is 1.10 bits per heavy atom. The molecule has 1 atom stereocenters. The number of nitrogens with zero attached hydrogens (tertiary/aromatic N) is 1. The minimum atomic E-state index is 0.327. The molecule has 0 amide bonds. The highest BCUT2D eigenvalue weighted by molar-refractivity contribution is 6.00. The van der Waals surface area contributed by atoms with E-state index in [1.807, 2.05) is 31.2 Å². The minimum Gasteiger partial charge on any atom is -0.305 e. The Balaban J connectivity index is 2.28. The second-order valence-electron chi connectivity index (χ2n) is 5.08. The summed E-state index contributed by atoms with van der Waals surface area (Å²) in [6, 6.07) is 18.5. The smallest absolute Gasteiger partial charge is 0.0668 e. The van der Waals surface area contributed by atoms with Crippen LogP contribution in [0.2, 0.25) is 0 Å². The van der Waals surface area contributed by atoms with Gasteiger partial charge in [0.15, 0.2) is 0 Å². The van der Waals surface area contributed by atoms with Crippen molar-refractivity contribution in [2.45, 2.75) is 19.8 Å². The van der Waals surface area contributed by atoms with Crippen LogP contribution in [0.15, 0.2) is 59.6 Å². The molecule has 0 fully saturated rings. The maximum atomic E-state index is 4.94. The standard InChI is InChI=1S/C18H22N2O/c1-14(13-19-21-3)17-11-7-8-12-18(17)20-15(2)16-9-5-4-6-10-16/h4-12,14,19H,13H2,1-3H3. The van der Waals surface area contributed by atoms with Crippen LogP contribution in [-0.4, -0.2) is 19.4 Å². The zero-order valence-corrected chi connectivity index (χ0v) is 12.8. The minimum absolute atomic E-state index is 0.327. The van der Waals surface area contributed by atoms with Crippen LogP contribution in [0.3, 0.4) is 0 Å². The number of nitrogens with one attached hydrogen (secondary N) is 1. The van der Waals surface area contributed by atoms with Gasteiger partial charge in [0.1, 0.15) is 0 Å². The predicted molar refractivity (Wildman–Crippen MR) is 88.2 cm³/mol. The summed E-state index contributed by atoms with van der Waals surface area (Å²) in [5.74, 6) is 0.327. The molecular formula is C18H22N2O. The first-order valence-electron chi connectivity index (χ1n) is 7.18. The number of para-hydroxylation sites is 1. The van der Waals surface area contributed by atoms with Crippen molar-refractivity contribution in [1.29, 1.82) is 0 Å². The summed E-state index contributed by atoms with van der Waals surface area (Å²) in [6.07, 6.45) is 0. The van der Waals surface area contributed by atoms with Gasteiger partial charge in [0.25, 0.3) is 0 Å². The summed E-state index contributed by atoms with van der Waals surface area (Å²) in [5.41, 5.74) is 7.32. The Bertz CT molecular complexity index is 593. The Morgan fingerprint density at radius 3 is 2.48 bits per heavy atom. The molecule has 21 heavy (non-hydrogen) atoms. The Kier molecular flexibility index (Phi) is 5.67. The molecule has 0 aliphatic heterocycles. The first-order chi connectivity index (χ1) is 10.2. The summed E-state index contributed by atoms with van der Waals surface area (Å²) in [4.78, 5) is 9.74. The van der Waals surface area contributed by atoms with Crippen molar-refractivity contribution in [2.75, 3.05) is 13.7 Å². The molecule has 0 radical (unpaired) electrons. The molecular weight excluding hydrogens is 260 g/mol. The third-order valence-corrected chi connectivity index (χ3v) is 3.48. The molecule has 0 saturated heterocycles. The molecule has 0 aromatic heterocycles. The number of benzene rings is 2. The lowest BCUT2D eigenvalue weighted by Crippen LogP contribution is -2.18. The highest BCUT2D eigenvalue weighted by atomic mass is 16.6. The van der Waals surface area contributed by atoms with Crippen molar-refractivity contribution >= 4 is 11.4 Å². The van der Waals surface area contributed by atoms with E-state index in [4.69, 9.17) is 9.83 Å². The number of rotatable bonds is 6. The molecule has 1 N–H and O–H groups in total. The zero-order chi connectivity index (χ0) is 15.1. The van der Waals surface area contributed by atoms with Gasteiger partial charge in [-0.3, -0.25) is 4.99 Å². The molecule has 0 bridgehead atoms. The van der Waals surface area contributed by atoms with E-state index in [0.717, 1.165) is 23.5 Å². The van der Waals surface area contributed by atoms with Crippen LogP contribution in [0.5, 0.6) is 0 Å². The molecule has 3 nitrogen and oxygen atoms in total. The highest BCUT2D eigenvalue weighted by Crippen LogP contribution is 2.27. The lowest BCUT2D eigenvalue weighted by atomic mass is 9.99. The monoisotopic (exact) mass is 282 g/mol. The number of hydrogen-bond donors (Lipinski definition) is 1. The fourth-order valence-corrected chi connectivity index (χ4v) is 2.25. The Labute approximate surface area is 126 Å². The van der Waals surface area contributed by atoms with Crippen LogP contribution in [-0.2, 0) is 4.84 Å². The quantitative estimate of drug-likeness (QED) is 0.639. The zero-order valence-electron chi connectivity index (χ0n) is 12.8. The van der Waals surface area contributed by atoms with Gasteiger partial charge < -0.3 is 4.84 Å². The Hall–Kier alpha value is -1.97. The molecule has 3 heteroatoms. The SMILES string of the molecule is CONCC(C)c1ccccc1N=C(C)c1ccccc1. The second kappa shape index (κ2) is 7.72. The normalized spacial score (nSPS) is 13.2. The van der Waals surface area contributed by atoms with Gasteiger partial charge in [-0.1, -0.05) is 55.5 Å². The van der Waals surface area contributed by atoms with Gasteiger partial charge in [-0.15, -0.1) is 0 Å². The predicted octanol–water partition coefficient (Wildman–Crippen LogP) is 4.08. The Morgan fingerprint density at radius 2 is 1.76 bits per heavy atom. The van der Waals surface area contributed by atoms with Gasteiger partial charge in [0.05, 0.1) is 12.8 Å². The number of hydrogen-bond acceptors (Lipinski definition) is 3. The third kappa shape index (κ3) is 4.25. The van der Waals surface area contributed by atoms with E-state index in [0.29, 0.717) is 5.92 Å². The van der Waals surface area contributed by atoms with E-state index in [-0.39, 0.29) is 0 Å². The number of hydroxylamine groups is 1. The average Bonchev–Trinajstić information content (AvgIpc) is 2.54. The summed E-state index contributed by atoms with van der Waals surface area (Å²) in [5, 5.41) is 0. The van der Waals surface area contributed by atoms with Gasteiger partial charge in [0.2, 0.25) is 0 Å². The van der Waals surface area contributed by atoms with Crippen molar-refractivity contribution in [3.8, 4) is 0 Å². The van der Waals surface area contributed by atoms with E-state index in [1.54, 1.807) is 7.11 Å². The van der Waals surface area contributed by atoms with Crippen molar-refractivity contribution in [3.63, 3.8) is 0 Å². The highest BCUT2D eigenvalue weighted by Gasteiger charge is 2.10. The van der Waals surface area contributed by atoms with Crippen LogP contribution in [0, 0.1) is 0 Å². The van der Waals surface area contributed by atoms with Crippen molar-refractivity contribution in [1.82, 2.24) is 5.48 Å². The fourth-order valence-electron chi connectivity index (χ4n) is 2.25. The maximum Gasteiger partial charge on any atom is 0.0668 e. The summed E-state index contributed by atoms with van der Waals surface area (Å²) >= 11 is 0. The molecule has 0 aliphatic carbocycles. The first kappa shape index (κ1) is 15.4. The first-order valence-corrected chi connectivity index (χ1v) is 7.18. The van der Waals surface area contributed by atoms with E-state index >= 15 is 0 Å². The largest absolute Gasteiger partial charge is 0.305 e. The summed E-state index contributed by atoms with van der Waals surface area (Å²) in [6.45, 7) is 4.97. The van der Waals surface area contributed by atoms with E-state index in [1.165, 1.54) is 5.56 Å². The van der Waals surface area contributed by atoms with Crippen molar-refractivity contribution in [3.05, 3.63) is 65.7 Å². The summed E-state index contributed by atoms with van der Waals surface area (Å²) < 4.78 is 0. The lowest BCUT2D eigenvalue weighted by molar-refractivity contribution is 0.0883. The van der Waals surface area contributed by atoms with Gasteiger partial charge in [-0.2, -0.15) is 0 Å². The van der Waals surface area contributed by atoms with Crippen molar-refractivity contribution < 1.29 is 4.84 Å². The van der Waals surface area contributed by atoms with E-state index in [2.05, 4.69) is 42.7 Å². The topological polar surface area (TPSA) is 33.6 Å². The van der Waals surface area contributed by atoms with Crippen LogP contribution in [0.1, 0.15) is 30.9 Å². The second-order valence-corrected chi connectivity index (χ2v) is 5.08. The molecule has 0 heterocycles. The molecule has 2 rings (SSSR count). The van der Waals surface area contributed by atoms with Gasteiger partial charge in [0, 0.05) is 12.3 Å². The molecule has 110 valence electrons. The fraction of sp³-hybridized carbons (Fsp3) is 0.278. The van der Waals surface area contributed by atoms with Crippen molar-refractivity contribution in [2.24, 2.45) is 4.99 Å². The van der Waals surface area contributed by atoms with Gasteiger partial charge in [-0.25, -0.2) is 5.48 Å². The molecule has 1 unspecified atom stereocenters. The van der Waals surface area contributed by atoms with E-state index < -0.39 is 0 Å². The number of aliphatic imine (C=N–C) groups is 1. The lowest BCUT2D eigenvalue weighted by Gasteiger charge is -2.14. The van der Waals surface area contributed by atoms with E-state index in [9.17, 15) is 0 Å². The molecule has 2 aromatic rings. The van der Waals surface area contributed by atoms with Crippen LogP contribution < -0.4 is 5.48 Å². The van der Waals surface area contributed by atoms with Gasteiger partial charge >= 0.3 is 0 Å². The van der Waals surface area contributed by atoms with Crippen LogP contribution in [0.25, 0.3) is 0 Å². The van der Waals surface area contributed by atoms with Crippen LogP contribution >= 0.6 is 0 Å². The molecule has 0 saturated carbocycles. The molecule has 2 aromatic carbocycles. The van der Waals surface area contributed by atoms with Gasteiger partial charge in [-0.05, 0) is 30.0 Å².